The van der Waals surface area contributed by atoms with Gasteiger partial charge >= 0.3 is 5.97 Å². The lowest BCUT2D eigenvalue weighted by Crippen LogP contribution is -2.01. The minimum absolute atomic E-state index is 0.314. The first-order valence-corrected chi connectivity index (χ1v) is 5.37. The van der Waals surface area contributed by atoms with E-state index in [1.54, 1.807) is 12.1 Å². The SMILES string of the molecule is COC(=O)c1ccc(CCCC(=O)Cl)cc1. The quantitative estimate of drug-likeness (QED) is 0.587. The van der Waals surface area contributed by atoms with E-state index >= 15 is 0 Å². The zero-order valence-electron chi connectivity index (χ0n) is 9.03. The number of hydrogen-bond donors (Lipinski definition) is 0. The summed E-state index contributed by atoms with van der Waals surface area (Å²) in [6, 6.07) is 7.13. The Morgan fingerprint density at radius 1 is 1.25 bits per heavy atom. The predicted octanol–water partition coefficient (Wildman–Crippen LogP) is 2.56. The van der Waals surface area contributed by atoms with Crippen LogP contribution in [-0.2, 0) is 16.0 Å². The van der Waals surface area contributed by atoms with E-state index in [0.29, 0.717) is 12.0 Å². The summed E-state index contributed by atoms with van der Waals surface area (Å²) in [6.07, 6.45) is 1.88. The van der Waals surface area contributed by atoms with Gasteiger partial charge in [0, 0.05) is 6.42 Å². The number of rotatable bonds is 5. The van der Waals surface area contributed by atoms with Crippen LogP contribution in [0.3, 0.4) is 0 Å². The molecule has 0 aliphatic heterocycles. The summed E-state index contributed by atoms with van der Waals surface area (Å²) in [7, 11) is 1.35. The third-order valence-electron chi connectivity index (χ3n) is 2.21. The number of hydrogen-bond acceptors (Lipinski definition) is 3. The second-order valence-electron chi connectivity index (χ2n) is 3.40. The average Bonchev–Trinajstić information content (AvgIpc) is 2.28. The summed E-state index contributed by atoms with van der Waals surface area (Å²) in [5, 5.41) is -0.314. The molecule has 0 unspecified atom stereocenters. The van der Waals surface area contributed by atoms with Crippen LogP contribution in [0.5, 0.6) is 0 Å². The van der Waals surface area contributed by atoms with Crippen LogP contribution in [0.2, 0.25) is 0 Å². The number of carbonyl (C=O) groups excluding carboxylic acids is 2. The number of methoxy groups -OCH3 is 1. The van der Waals surface area contributed by atoms with Gasteiger partial charge in [-0.15, -0.1) is 0 Å². The van der Waals surface area contributed by atoms with Crippen molar-refractivity contribution < 1.29 is 14.3 Å². The van der Waals surface area contributed by atoms with Crippen molar-refractivity contribution in [1.29, 1.82) is 0 Å². The lowest BCUT2D eigenvalue weighted by Gasteiger charge is -2.02. The van der Waals surface area contributed by atoms with E-state index < -0.39 is 0 Å². The lowest BCUT2D eigenvalue weighted by molar-refractivity contribution is -0.111. The van der Waals surface area contributed by atoms with Gasteiger partial charge in [-0.3, -0.25) is 4.79 Å². The van der Waals surface area contributed by atoms with E-state index in [-0.39, 0.29) is 11.2 Å². The summed E-state index contributed by atoms with van der Waals surface area (Å²) in [5.74, 6) is -0.345. The number of carbonyl (C=O) groups is 2. The van der Waals surface area contributed by atoms with Gasteiger partial charge in [-0.25, -0.2) is 4.79 Å². The number of aryl methyl sites for hydroxylation is 1. The second-order valence-corrected chi connectivity index (χ2v) is 3.82. The number of esters is 1. The first-order valence-electron chi connectivity index (χ1n) is 4.99. The van der Waals surface area contributed by atoms with Gasteiger partial charge in [0.2, 0.25) is 5.24 Å². The Morgan fingerprint density at radius 3 is 2.38 bits per heavy atom. The van der Waals surface area contributed by atoms with Crippen LogP contribution < -0.4 is 0 Å². The number of halogens is 1. The van der Waals surface area contributed by atoms with Crippen molar-refractivity contribution in [3.63, 3.8) is 0 Å². The molecule has 0 aliphatic carbocycles. The number of benzene rings is 1. The van der Waals surface area contributed by atoms with Crippen molar-refractivity contribution in [1.82, 2.24) is 0 Å². The smallest absolute Gasteiger partial charge is 0.337 e. The Hall–Kier alpha value is -1.35. The molecule has 0 amide bonds. The van der Waals surface area contributed by atoms with Gasteiger partial charge in [0.25, 0.3) is 0 Å². The maximum atomic E-state index is 11.1. The molecule has 0 aliphatic rings. The Morgan fingerprint density at radius 2 is 1.88 bits per heavy atom. The highest BCUT2D eigenvalue weighted by atomic mass is 35.5. The van der Waals surface area contributed by atoms with E-state index in [0.717, 1.165) is 18.4 Å². The fourth-order valence-corrected chi connectivity index (χ4v) is 1.49. The third kappa shape index (κ3) is 4.03. The van der Waals surface area contributed by atoms with Gasteiger partial charge in [-0.05, 0) is 42.1 Å². The maximum absolute atomic E-state index is 11.1. The molecule has 1 aromatic rings. The van der Waals surface area contributed by atoms with Crippen LogP contribution in [0.1, 0.15) is 28.8 Å². The first kappa shape index (κ1) is 12.7. The molecule has 0 spiro atoms. The largest absolute Gasteiger partial charge is 0.465 e. The van der Waals surface area contributed by atoms with Crippen LogP contribution in [0, 0.1) is 0 Å². The van der Waals surface area contributed by atoms with Crippen molar-refractivity contribution in [2.75, 3.05) is 7.11 Å². The fraction of sp³-hybridized carbons (Fsp3) is 0.333. The molecule has 0 atom stereocenters. The average molecular weight is 241 g/mol. The van der Waals surface area contributed by atoms with E-state index in [1.165, 1.54) is 7.11 Å². The zero-order chi connectivity index (χ0) is 12.0. The molecule has 0 fully saturated rings. The highest BCUT2D eigenvalue weighted by Gasteiger charge is 2.04. The van der Waals surface area contributed by atoms with E-state index in [9.17, 15) is 9.59 Å². The first-order chi connectivity index (χ1) is 7.63. The topological polar surface area (TPSA) is 43.4 Å². The van der Waals surface area contributed by atoms with Gasteiger partial charge in [-0.2, -0.15) is 0 Å². The molecule has 0 radical (unpaired) electrons. The summed E-state index contributed by atoms with van der Waals surface area (Å²) < 4.78 is 4.59. The van der Waals surface area contributed by atoms with E-state index in [4.69, 9.17) is 11.6 Å². The van der Waals surface area contributed by atoms with Crippen LogP contribution >= 0.6 is 11.6 Å². The Balaban J connectivity index is 2.51. The molecule has 0 aromatic heterocycles. The van der Waals surface area contributed by atoms with Gasteiger partial charge < -0.3 is 4.74 Å². The molecule has 3 nitrogen and oxygen atoms in total. The van der Waals surface area contributed by atoms with Crippen LogP contribution in [-0.4, -0.2) is 18.3 Å². The normalized spacial score (nSPS) is 9.88. The summed E-state index contributed by atoms with van der Waals surface area (Å²) in [4.78, 5) is 21.7. The molecule has 0 bridgehead atoms. The van der Waals surface area contributed by atoms with E-state index in [2.05, 4.69) is 4.74 Å². The molecule has 16 heavy (non-hydrogen) atoms. The number of ether oxygens (including phenoxy) is 1. The Bertz CT molecular complexity index is 370. The summed E-state index contributed by atoms with van der Waals surface area (Å²) in [6.45, 7) is 0. The molecule has 86 valence electrons. The molecular weight excluding hydrogens is 228 g/mol. The van der Waals surface area contributed by atoms with Gasteiger partial charge in [0.1, 0.15) is 0 Å². The van der Waals surface area contributed by atoms with Crippen LogP contribution in [0.25, 0.3) is 0 Å². The standard InChI is InChI=1S/C12H13ClO3/c1-16-12(15)10-7-5-9(6-8-10)3-2-4-11(13)14/h5-8H,2-4H2,1H3. The molecule has 1 rings (SSSR count). The third-order valence-corrected chi connectivity index (χ3v) is 2.40. The zero-order valence-corrected chi connectivity index (χ0v) is 9.79. The molecule has 0 saturated heterocycles. The molecule has 0 saturated carbocycles. The summed E-state index contributed by atoms with van der Waals surface area (Å²) in [5.41, 5.74) is 1.60. The van der Waals surface area contributed by atoms with Crippen molar-refractivity contribution in [2.45, 2.75) is 19.3 Å². The van der Waals surface area contributed by atoms with Crippen LogP contribution in [0.15, 0.2) is 24.3 Å². The second kappa shape index (κ2) is 6.28. The van der Waals surface area contributed by atoms with Crippen molar-refractivity contribution in [3.05, 3.63) is 35.4 Å². The molecule has 0 heterocycles. The predicted molar refractivity (Wildman–Crippen MR) is 61.6 cm³/mol. The Kier molecular flexibility index (Phi) is 4.99. The fourth-order valence-electron chi connectivity index (χ4n) is 1.36. The molecule has 1 aromatic carbocycles. The highest BCUT2D eigenvalue weighted by molar-refractivity contribution is 6.63. The Labute approximate surface area is 99.4 Å². The maximum Gasteiger partial charge on any atom is 0.337 e. The van der Waals surface area contributed by atoms with Crippen molar-refractivity contribution in [3.8, 4) is 0 Å². The molecular formula is C12H13ClO3. The molecule has 0 N–H and O–H groups in total. The van der Waals surface area contributed by atoms with E-state index in [1.807, 2.05) is 12.1 Å². The van der Waals surface area contributed by atoms with Crippen molar-refractivity contribution >= 4 is 22.8 Å². The highest BCUT2D eigenvalue weighted by Crippen LogP contribution is 2.09. The van der Waals surface area contributed by atoms with Crippen molar-refractivity contribution in [2.24, 2.45) is 0 Å². The van der Waals surface area contributed by atoms with Gasteiger partial charge in [0.05, 0.1) is 12.7 Å². The lowest BCUT2D eigenvalue weighted by atomic mass is 10.1. The summed E-state index contributed by atoms with van der Waals surface area (Å²) >= 11 is 5.23. The minimum Gasteiger partial charge on any atom is -0.465 e. The van der Waals surface area contributed by atoms with Gasteiger partial charge in [-0.1, -0.05) is 12.1 Å². The minimum atomic E-state index is -0.345. The van der Waals surface area contributed by atoms with Crippen LogP contribution in [0.4, 0.5) is 0 Å². The molecule has 4 heteroatoms. The monoisotopic (exact) mass is 240 g/mol. The van der Waals surface area contributed by atoms with Gasteiger partial charge in [0.15, 0.2) is 0 Å².